The van der Waals surface area contributed by atoms with Gasteiger partial charge in [-0.3, -0.25) is 4.57 Å². The van der Waals surface area contributed by atoms with E-state index >= 15 is 0 Å². The molecule has 1 heterocycles. The zero-order valence-corrected chi connectivity index (χ0v) is 12.3. The van der Waals surface area contributed by atoms with Gasteiger partial charge in [0.25, 0.3) is 0 Å². The molecule has 6 heteroatoms. The summed E-state index contributed by atoms with van der Waals surface area (Å²) in [6.45, 7) is 0. The molecule has 1 N–H and O–H groups in total. The van der Waals surface area contributed by atoms with Crippen LogP contribution in [0.2, 0.25) is 0 Å². The molecular weight excluding hydrogens is 291 g/mol. The summed E-state index contributed by atoms with van der Waals surface area (Å²) in [7, 11) is 3.11. The monoisotopic (exact) mass is 304 g/mol. The fraction of sp³-hybridized carbons (Fsp3) is 0.133. The van der Waals surface area contributed by atoms with Crippen LogP contribution >= 0.6 is 12.2 Å². The first-order chi connectivity index (χ1) is 10.1. The number of halogens is 1. The van der Waals surface area contributed by atoms with Crippen LogP contribution < -0.4 is 9.47 Å². The predicted molar refractivity (Wildman–Crippen MR) is 81.5 cm³/mol. The van der Waals surface area contributed by atoms with E-state index in [1.54, 1.807) is 13.2 Å². The quantitative estimate of drug-likeness (QED) is 0.747. The van der Waals surface area contributed by atoms with Gasteiger partial charge in [-0.1, -0.05) is 0 Å². The van der Waals surface area contributed by atoms with Gasteiger partial charge in [0, 0.05) is 12.1 Å². The molecule has 0 unspecified atom stereocenters. The number of nitrogens with zero attached hydrogens (tertiary/aromatic N) is 1. The van der Waals surface area contributed by atoms with Gasteiger partial charge in [-0.05, 0) is 36.5 Å². The second-order valence-corrected chi connectivity index (χ2v) is 4.85. The molecule has 1 aromatic heterocycles. The number of aromatic nitrogens is 2. The summed E-state index contributed by atoms with van der Waals surface area (Å²) in [6, 6.07) is 9.95. The predicted octanol–water partition coefficient (Wildman–Crippen LogP) is 3.84. The maximum Gasteiger partial charge on any atom is 0.182 e. The van der Waals surface area contributed by atoms with Gasteiger partial charge < -0.3 is 14.5 Å². The standard InChI is InChI=1S/C15H13FN2O2S/c1-19-10-4-6-12-11(8-10)17-15(21)18(12)13-5-3-9(16)7-14(13)20-2/h3-8H,1-2H3,(H,17,21). The van der Waals surface area contributed by atoms with E-state index < -0.39 is 0 Å². The van der Waals surface area contributed by atoms with Crippen molar-refractivity contribution in [1.29, 1.82) is 0 Å². The summed E-state index contributed by atoms with van der Waals surface area (Å²) in [5, 5.41) is 0. The average Bonchev–Trinajstić information content (AvgIpc) is 2.82. The summed E-state index contributed by atoms with van der Waals surface area (Å²) >= 11 is 5.37. The first-order valence-corrected chi connectivity index (χ1v) is 6.67. The lowest BCUT2D eigenvalue weighted by atomic mass is 10.2. The number of benzene rings is 2. The van der Waals surface area contributed by atoms with E-state index in [4.69, 9.17) is 21.7 Å². The SMILES string of the molecule is COc1ccc2c(c1)[nH]c(=S)n2-c1ccc(F)cc1OC. The van der Waals surface area contributed by atoms with E-state index in [-0.39, 0.29) is 5.82 Å². The van der Waals surface area contributed by atoms with Crippen molar-refractivity contribution in [2.24, 2.45) is 0 Å². The first-order valence-electron chi connectivity index (χ1n) is 6.26. The molecule has 108 valence electrons. The van der Waals surface area contributed by atoms with E-state index in [9.17, 15) is 4.39 Å². The van der Waals surface area contributed by atoms with Crippen molar-refractivity contribution in [3.63, 3.8) is 0 Å². The van der Waals surface area contributed by atoms with Crippen molar-refractivity contribution in [3.8, 4) is 17.2 Å². The van der Waals surface area contributed by atoms with Crippen LogP contribution in [-0.4, -0.2) is 23.8 Å². The number of rotatable bonds is 3. The van der Waals surface area contributed by atoms with Crippen molar-refractivity contribution in [3.05, 3.63) is 47.0 Å². The molecule has 3 aromatic rings. The van der Waals surface area contributed by atoms with Gasteiger partial charge in [-0.2, -0.15) is 0 Å². The van der Waals surface area contributed by atoms with Gasteiger partial charge in [0.05, 0.1) is 30.9 Å². The average molecular weight is 304 g/mol. The van der Waals surface area contributed by atoms with Crippen molar-refractivity contribution in [2.75, 3.05) is 14.2 Å². The molecule has 0 spiro atoms. The number of hydrogen-bond donors (Lipinski definition) is 1. The Hall–Kier alpha value is -2.34. The molecule has 3 rings (SSSR count). The van der Waals surface area contributed by atoms with Gasteiger partial charge in [0.2, 0.25) is 0 Å². The Bertz CT molecular complexity index is 870. The van der Waals surface area contributed by atoms with Crippen LogP contribution in [0.3, 0.4) is 0 Å². The first kappa shape index (κ1) is 13.6. The van der Waals surface area contributed by atoms with Gasteiger partial charge >= 0.3 is 0 Å². The molecule has 0 aliphatic heterocycles. The van der Waals surface area contributed by atoms with Crippen LogP contribution in [0.15, 0.2) is 36.4 Å². The summed E-state index contributed by atoms with van der Waals surface area (Å²) in [5.74, 6) is 0.795. The van der Waals surface area contributed by atoms with Crippen LogP contribution in [0.1, 0.15) is 0 Å². The molecule has 0 saturated carbocycles. The van der Waals surface area contributed by atoms with Crippen LogP contribution in [0, 0.1) is 10.6 Å². The molecule has 0 aliphatic carbocycles. The number of methoxy groups -OCH3 is 2. The smallest absolute Gasteiger partial charge is 0.182 e. The lowest BCUT2D eigenvalue weighted by Crippen LogP contribution is -1.98. The summed E-state index contributed by atoms with van der Waals surface area (Å²) in [5.41, 5.74) is 2.39. The number of fused-ring (bicyclic) bond motifs is 1. The number of hydrogen-bond acceptors (Lipinski definition) is 3. The third kappa shape index (κ3) is 2.27. The topological polar surface area (TPSA) is 39.2 Å². The Morgan fingerprint density at radius 3 is 2.62 bits per heavy atom. The fourth-order valence-corrected chi connectivity index (χ4v) is 2.60. The molecule has 0 fully saturated rings. The largest absolute Gasteiger partial charge is 0.497 e. The Morgan fingerprint density at radius 1 is 1.10 bits per heavy atom. The molecule has 0 radical (unpaired) electrons. The van der Waals surface area contributed by atoms with Crippen LogP contribution in [-0.2, 0) is 0 Å². The number of aromatic amines is 1. The van der Waals surface area contributed by atoms with E-state index in [1.807, 2.05) is 22.8 Å². The Balaban J connectivity index is 2.30. The maximum absolute atomic E-state index is 13.3. The van der Waals surface area contributed by atoms with Crippen molar-refractivity contribution >= 4 is 23.3 Å². The molecule has 0 aliphatic rings. The highest BCUT2D eigenvalue weighted by Gasteiger charge is 2.12. The third-order valence-electron chi connectivity index (χ3n) is 3.27. The zero-order chi connectivity index (χ0) is 15.0. The molecule has 0 amide bonds. The number of imidazole rings is 1. The highest BCUT2D eigenvalue weighted by Crippen LogP contribution is 2.29. The van der Waals surface area contributed by atoms with E-state index in [1.165, 1.54) is 19.2 Å². The summed E-state index contributed by atoms with van der Waals surface area (Å²) in [4.78, 5) is 3.11. The second-order valence-electron chi connectivity index (χ2n) is 4.46. The highest BCUT2D eigenvalue weighted by atomic mass is 32.1. The van der Waals surface area contributed by atoms with E-state index in [0.29, 0.717) is 16.2 Å². The lowest BCUT2D eigenvalue weighted by Gasteiger charge is -2.10. The Labute approximate surface area is 125 Å². The third-order valence-corrected chi connectivity index (χ3v) is 3.56. The molecule has 2 aromatic carbocycles. The Kier molecular flexibility index (Phi) is 3.39. The molecule has 0 bridgehead atoms. The van der Waals surface area contributed by atoms with Crippen LogP contribution in [0.25, 0.3) is 16.7 Å². The van der Waals surface area contributed by atoms with Crippen molar-refractivity contribution in [1.82, 2.24) is 9.55 Å². The van der Waals surface area contributed by atoms with Crippen LogP contribution in [0.5, 0.6) is 11.5 Å². The van der Waals surface area contributed by atoms with Crippen molar-refractivity contribution < 1.29 is 13.9 Å². The molecule has 0 saturated heterocycles. The zero-order valence-electron chi connectivity index (χ0n) is 11.5. The number of H-pyrrole nitrogens is 1. The maximum atomic E-state index is 13.3. The van der Waals surface area contributed by atoms with Gasteiger partial charge in [0.15, 0.2) is 4.77 Å². The van der Waals surface area contributed by atoms with Crippen molar-refractivity contribution in [2.45, 2.75) is 0 Å². The van der Waals surface area contributed by atoms with Gasteiger partial charge in [-0.15, -0.1) is 0 Å². The normalized spacial score (nSPS) is 10.8. The molecular formula is C15H13FN2O2S. The Morgan fingerprint density at radius 2 is 1.90 bits per heavy atom. The molecule has 21 heavy (non-hydrogen) atoms. The van der Waals surface area contributed by atoms with E-state index in [0.717, 1.165) is 16.8 Å². The molecule has 0 atom stereocenters. The summed E-state index contributed by atoms with van der Waals surface area (Å²) < 4.78 is 26.1. The molecule has 4 nitrogen and oxygen atoms in total. The fourth-order valence-electron chi connectivity index (χ4n) is 2.29. The van der Waals surface area contributed by atoms with Gasteiger partial charge in [-0.25, -0.2) is 4.39 Å². The summed E-state index contributed by atoms with van der Waals surface area (Å²) in [6.07, 6.45) is 0. The number of nitrogens with one attached hydrogen (secondary N) is 1. The minimum atomic E-state index is -0.358. The minimum Gasteiger partial charge on any atom is -0.497 e. The van der Waals surface area contributed by atoms with Crippen LogP contribution in [0.4, 0.5) is 4.39 Å². The number of ether oxygens (including phenoxy) is 2. The minimum absolute atomic E-state index is 0.358. The van der Waals surface area contributed by atoms with Gasteiger partial charge in [0.1, 0.15) is 17.3 Å². The second kappa shape index (κ2) is 5.21. The lowest BCUT2D eigenvalue weighted by molar-refractivity contribution is 0.409. The highest BCUT2D eigenvalue weighted by molar-refractivity contribution is 7.71. The van der Waals surface area contributed by atoms with E-state index in [2.05, 4.69) is 4.98 Å².